The molecule has 254 valence electrons. The molecule has 2 nitrogen and oxygen atoms in total. The van der Waals surface area contributed by atoms with Gasteiger partial charge in [-0.05, 0) is 80.2 Å². The van der Waals surface area contributed by atoms with Gasteiger partial charge in [-0.2, -0.15) is 0 Å². The maximum Gasteiger partial charge on any atom is 0.0726 e. The van der Waals surface area contributed by atoms with Crippen LogP contribution in [0.1, 0.15) is 0 Å². The predicted octanol–water partition coefficient (Wildman–Crippen LogP) is 14.9. The number of rotatable bonds is 2. The summed E-state index contributed by atoms with van der Waals surface area (Å²) in [7, 11) is 0. The molecule has 0 atom stereocenters. The Labute approximate surface area is 319 Å². The van der Waals surface area contributed by atoms with Crippen molar-refractivity contribution in [2.75, 3.05) is 0 Å². The van der Waals surface area contributed by atoms with Crippen molar-refractivity contribution in [2.24, 2.45) is 0 Å². The number of hydrogen-bond donors (Lipinski definition) is 0. The van der Waals surface area contributed by atoms with E-state index in [1.165, 1.54) is 107 Å². The Morgan fingerprint density at radius 3 is 1.38 bits per heavy atom. The number of thiophene rings is 1. The molecule has 3 aromatic heterocycles. The van der Waals surface area contributed by atoms with Crippen molar-refractivity contribution in [3.8, 4) is 11.4 Å². The minimum Gasteiger partial charge on any atom is -0.309 e. The van der Waals surface area contributed by atoms with Crippen LogP contribution in [0, 0.1) is 0 Å². The SMILES string of the molecule is c1ccc2c(c1)ccc1c2c2ccccc2c2c3ccccc3n(-c3ccc(-n4c5ccccc5c5c6ccccc6c6c7ccccc7sc6c54)cc3)c12. The van der Waals surface area contributed by atoms with Gasteiger partial charge in [-0.3, -0.25) is 0 Å². The van der Waals surface area contributed by atoms with Crippen LogP contribution in [0.3, 0.4) is 0 Å². The third-order valence-corrected chi connectivity index (χ3v) is 13.2. The maximum atomic E-state index is 2.51. The number of para-hydroxylation sites is 2. The summed E-state index contributed by atoms with van der Waals surface area (Å²) in [5, 5.41) is 18.2. The van der Waals surface area contributed by atoms with E-state index >= 15 is 0 Å². The van der Waals surface area contributed by atoms with Crippen molar-refractivity contribution in [1.29, 1.82) is 0 Å². The van der Waals surface area contributed by atoms with Crippen molar-refractivity contribution in [3.63, 3.8) is 0 Å². The fourth-order valence-corrected chi connectivity index (χ4v) is 11.1. The Morgan fingerprint density at radius 1 is 0.291 bits per heavy atom. The van der Waals surface area contributed by atoms with Crippen molar-refractivity contribution >= 4 is 118 Å². The van der Waals surface area contributed by atoms with Crippen molar-refractivity contribution in [1.82, 2.24) is 9.13 Å². The first-order valence-electron chi connectivity index (χ1n) is 18.9. The lowest BCUT2D eigenvalue weighted by atomic mass is 9.93. The molecule has 0 aliphatic rings. The zero-order valence-electron chi connectivity index (χ0n) is 29.6. The van der Waals surface area contributed by atoms with Crippen LogP contribution in [-0.4, -0.2) is 9.13 Å². The largest absolute Gasteiger partial charge is 0.309 e. The Balaban J connectivity index is 1.14. The number of nitrogens with zero attached hydrogens (tertiary/aromatic N) is 2. The highest BCUT2D eigenvalue weighted by molar-refractivity contribution is 7.27. The second-order valence-corrected chi connectivity index (χ2v) is 15.8. The monoisotopic (exact) mass is 714 g/mol. The van der Waals surface area contributed by atoms with Crippen LogP contribution in [0.4, 0.5) is 0 Å². The average molecular weight is 715 g/mol. The van der Waals surface area contributed by atoms with Crippen LogP contribution >= 0.6 is 11.3 Å². The second kappa shape index (κ2) is 10.8. The molecule has 0 fully saturated rings. The summed E-state index contributed by atoms with van der Waals surface area (Å²) in [6.45, 7) is 0. The third-order valence-electron chi connectivity index (χ3n) is 12.0. The van der Waals surface area contributed by atoms with Crippen LogP contribution in [0.25, 0.3) is 118 Å². The summed E-state index contributed by atoms with van der Waals surface area (Å²) < 4.78 is 7.67. The number of benzene rings is 10. The van der Waals surface area contributed by atoms with Crippen LogP contribution in [0.2, 0.25) is 0 Å². The van der Waals surface area contributed by atoms with Gasteiger partial charge >= 0.3 is 0 Å². The molecule has 0 radical (unpaired) electrons. The van der Waals surface area contributed by atoms with Crippen LogP contribution in [0.15, 0.2) is 182 Å². The maximum absolute atomic E-state index is 2.51. The van der Waals surface area contributed by atoms with Crippen molar-refractivity contribution in [2.45, 2.75) is 0 Å². The molecule has 0 bridgehead atoms. The van der Waals surface area contributed by atoms with E-state index in [9.17, 15) is 0 Å². The molecule has 0 amide bonds. The van der Waals surface area contributed by atoms with Gasteiger partial charge in [0.15, 0.2) is 0 Å². The zero-order chi connectivity index (χ0) is 35.8. The minimum atomic E-state index is 1.15. The zero-order valence-corrected chi connectivity index (χ0v) is 30.4. The van der Waals surface area contributed by atoms with Gasteiger partial charge in [-0.25, -0.2) is 0 Å². The van der Waals surface area contributed by atoms with Gasteiger partial charge in [-0.1, -0.05) is 140 Å². The molecular weight excluding hydrogens is 685 g/mol. The highest BCUT2D eigenvalue weighted by Gasteiger charge is 2.23. The molecule has 0 N–H and O–H groups in total. The smallest absolute Gasteiger partial charge is 0.0726 e. The average Bonchev–Trinajstić information content (AvgIpc) is 3.93. The summed E-state index contributed by atoms with van der Waals surface area (Å²) in [5.41, 5.74) is 7.28. The minimum absolute atomic E-state index is 1.15. The highest BCUT2D eigenvalue weighted by Crippen LogP contribution is 2.48. The molecule has 13 aromatic rings. The van der Waals surface area contributed by atoms with Gasteiger partial charge in [0.1, 0.15) is 0 Å². The molecule has 0 saturated heterocycles. The first kappa shape index (κ1) is 29.5. The summed E-state index contributed by atoms with van der Waals surface area (Å²) in [5.74, 6) is 0. The standard InChI is InChI=1S/C52H30N2S/c1-2-14-34-31(13-1)25-30-42-46(34)35-15-3-4-16-36(35)47-39-19-7-10-22-43(39)53(50(42)47)32-26-28-33(29-27-32)54-44-23-11-8-20-40(44)48-37-17-5-6-18-38(37)49-41-21-9-12-24-45(41)55-52(49)51(48)54/h1-30H. The van der Waals surface area contributed by atoms with Crippen LogP contribution in [0.5, 0.6) is 0 Å². The fourth-order valence-electron chi connectivity index (χ4n) is 9.86. The van der Waals surface area contributed by atoms with Crippen LogP contribution < -0.4 is 0 Å². The normalized spacial score (nSPS) is 12.4. The molecule has 0 aliphatic heterocycles. The Hall–Kier alpha value is -6.94. The molecule has 55 heavy (non-hydrogen) atoms. The summed E-state index contributed by atoms with van der Waals surface area (Å²) >= 11 is 1.91. The van der Waals surface area contributed by atoms with Gasteiger partial charge in [0.2, 0.25) is 0 Å². The van der Waals surface area contributed by atoms with Gasteiger partial charge in [0.25, 0.3) is 0 Å². The second-order valence-electron chi connectivity index (χ2n) is 14.8. The Morgan fingerprint density at radius 2 is 0.745 bits per heavy atom. The molecule has 0 spiro atoms. The lowest BCUT2D eigenvalue weighted by Gasteiger charge is -2.15. The topological polar surface area (TPSA) is 9.86 Å². The van der Waals surface area contributed by atoms with Crippen molar-refractivity contribution < 1.29 is 0 Å². The molecular formula is C52H30N2S. The first-order chi connectivity index (χ1) is 27.3. The Bertz CT molecular complexity index is 3760. The number of aromatic nitrogens is 2. The van der Waals surface area contributed by atoms with Gasteiger partial charge in [-0.15, -0.1) is 11.3 Å². The highest BCUT2D eigenvalue weighted by atomic mass is 32.1. The molecule has 0 aliphatic carbocycles. The van der Waals surface area contributed by atoms with Gasteiger partial charge < -0.3 is 9.13 Å². The molecule has 3 heterocycles. The van der Waals surface area contributed by atoms with E-state index in [4.69, 9.17) is 0 Å². The van der Waals surface area contributed by atoms with E-state index < -0.39 is 0 Å². The summed E-state index contributed by atoms with van der Waals surface area (Å²) in [4.78, 5) is 0. The van der Waals surface area contributed by atoms with E-state index in [-0.39, 0.29) is 0 Å². The molecule has 13 rings (SSSR count). The van der Waals surface area contributed by atoms with E-state index in [0.717, 1.165) is 11.4 Å². The number of hydrogen-bond acceptors (Lipinski definition) is 1. The van der Waals surface area contributed by atoms with E-state index in [1.807, 2.05) is 11.3 Å². The molecule has 0 unspecified atom stereocenters. The third kappa shape index (κ3) is 3.82. The van der Waals surface area contributed by atoms with Crippen LogP contribution in [-0.2, 0) is 0 Å². The summed E-state index contributed by atoms with van der Waals surface area (Å²) in [6.07, 6.45) is 0. The Kier molecular flexibility index (Phi) is 5.80. The molecule has 0 saturated carbocycles. The van der Waals surface area contributed by atoms with Gasteiger partial charge in [0.05, 0.1) is 26.8 Å². The van der Waals surface area contributed by atoms with Gasteiger partial charge in [0, 0.05) is 53.8 Å². The lowest BCUT2D eigenvalue weighted by Crippen LogP contribution is -1.98. The lowest BCUT2D eigenvalue weighted by molar-refractivity contribution is 1.15. The summed E-state index contributed by atoms with van der Waals surface area (Å²) in [6, 6.07) is 67.4. The van der Waals surface area contributed by atoms with E-state index in [2.05, 4.69) is 191 Å². The quantitative estimate of drug-likeness (QED) is 0.158. The van der Waals surface area contributed by atoms with E-state index in [0.29, 0.717) is 0 Å². The number of fused-ring (bicyclic) bond motifs is 20. The fraction of sp³-hybridized carbons (Fsp3) is 0. The van der Waals surface area contributed by atoms with E-state index in [1.54, 1.807) is 0 Å². The van der Waals surface area contributed by atoms with Crippen molar-refractivity contribution in [3.05, 3.63) is 182 Å². The predicted molar refractivity (Wildman–Crippen MR) is 238 cm³/mol. The molecule has 3 heteroatoms. The first-order valence-corrected chi connectivity index (χ1v) is 19.8. The molecule has 10 aromatic carbocycles.